The molecule has 2 N–H and O–H groups in total. The molecule has 0 fully saturated rings. The molecule has 0 radical (unpaired) electrons. The van der Waals surface area contributed by atoms with Crippen LogP contribution >= 0.6 is 11.6 Å². The van der Waals surface area contributed by atoms with Crippen LogP contribution in [-0.2, 0) is 0 Å². The van der Waals surface area contributed by atoms with E-state index < -0.39 is 5.91 Å². The predicted molar refractivity (Wildman–Crippen MR) is 108 cm³/mol. The fourth-order valence-electron chi connectivity index (χ4n) is 2.64. The van der Waals surface area contributed by atoms with E-state index in [0.29, 0.717) is 16.3 Å². The number of nitrogens with one attached hydrogen (secondary N) is 2. The summed E-state index contributed by atoms with van der Waals surface area (Å²) >= 11 is 6.06. The summed E-state index contributed by atoms with van der Waals surface area (Å²) in [7, 11) is 0. The Labute approximate surface area is 162 Å². The topological polar surface area (TPSA) is 71.1 Å². The Hall–Kier alpha value is -3.18. The number of benzene rings is 2. The van der Waals surface area contributed by atoms with Crippen LogP contribution in [0.3, 0.4) is 0 Å². The normalized spacial score (nSPS) is 10.3. The average Bonchev–Trinajstić information content (AvgIpc) is 2.66. The molecule has 27 heavy (non-hydrogen) atoms. The lowest BCUT2D eigenvalue weighted by atomic mass is 10.1. The van der Waals surface area contributed by atoms with Crippen LogP contribution < -0.4 is 10.6 Å². The minimum absolute atomic E-state index is 0.129. The van der Waals surface area contributed by atoms with Gasteiger partial charge in [-0.25, -0.2) is 0 Å². The highest BCUT2D eigenvalue weighted by Gasteiger charge is 2.14. The lowest BCUT2D eigenvalue weighted by Crippen LogP contribution is -2.17. The third kappa shape index (κ3) is 4.33. The van der Waals surface area contributed by atoms with Crippen LogP contribution in [-0.4, -0.2) is 16.8 Å². The van der Waals surface area contributed by atoms with Crippen molar-refractivity contribution in [3.05, 3.63) is 88.2 Å². The van der Waals surface area contributed by atoms with Crippen LogP contribution in [0, 0.1) is 13.8 Å². The van der Waals surface area contributed by atoms with Gasteiger partial charge in [0.25, 0.3) is 11.8 Å². The summed E-state index contributed by atoms with van der Waals surface area (Å²) in [4.78, 5) is 29.1. The molecule has 0 unspecified atom stereocenters. The number of carbonyl (C=O) groups is 2. The number of para-hydroxylation sites is 2. The number of hydrogen-bond acceptors (Lipinski definition) is 3. The number of carbonyl (C=O) groups excluding carboxylic acids is 2. The Balaban J connectivity index is 1.80. The van der Waals surface area contributed by atoms with Gasteiger partial charge < -0.3 is 10.6 Å². The summed E-state index contributed by atoms with van der Waals surface area (Å²) in [5, 5.41) is 6.02. The monoisotopic (exact) mass is 379 g/mol. The Bertz CT molecular complexity index is 998. The van der Waals surface area contributed by atoms with Crippen molar-refractivity contribution >= 4 is 34.8 Å². The van der Waals surface area contributed by atoms with Crippen molar-refractivity contribution in [1.82, 2.24) is 4.98 Å². The van der Waals surface area contributed by atoms with Crippen molar-refractivity contribution in [3.8, 4) is 0 Å². The van der Waals surface area contributed by atoms with Gasteiger partial charge in [0.15, 0.2) is 0 Å². The molecule has 5 nitrogen and oxygen atoms in total. The van der Waals surface area contributed by atoms with Crippen LogP contribution in [0.4, 0.5) is 11.4 Å². The first-order chi connectivity index (χ1) is 13.0. The second kappa shape index (κ2) is 8.01. The molecule has 3 aromatic rings. The predicted octanol–water partition coefficient (Wildman–Crippen LogP) is 4.86. The van der Waals surface area contributed by atoms with Crippen LogP contribution in [0.1, 0.15) is 32.0 Å². The third-order valence-electron chi connectivity index (χ3n) is 4.10. The minimum Gasteiger partial charge on any atom is -0.322 e. The molecule has 1 heterocycles. The smallest absolute Gasteiger partial charge is 0.274 e. The molecule has 0 saturated heterocycles. The highest BCUT2D eigenvalue weighted by molar-refractivity contribution is 6.33. The van der Waals surface area contributed by atoms with Crippen molar-refractivity contribution in [2.75, 3.05) is 10.6 Å². The Morgan fingerprint density at radius 1 is 0.889 bits per heavy atom. The highest BCUT2D eigenvalue weighted by atomic mass is 35.5. The van der Waals surface area contributed by atoms with Crippen LogP contribution in [0.25, 0.3) is 0 Å². The summed E-state index contributed by atoms with van der Waals surface area (Å²) in [6.07, 6.45) is 1.43. The Morgan fingerprint density at radius 3 is 2.30 bits per heavy atom. The zero-order valence-electron chi connectivity index (χ0n) is 14.9. The van der Waals surface area contributed by atoms with Gasteiger partial charge in [0.05, 0.1) is 10.7 Å². The van der Waals surface area contributed by atoms with E-state index in [1.54, 1.807) is 30.3 Å². The van der Waals surface area contributed by atoms with Gasteiger partial charge in [-0.15, -0.1) is 0 Å². The number of anilines is 2. The molecular formula is C21H18ClN3O2. The average molecular weight is 380 g/mol. The van der Waals surface area contributed by atoms with Crippen LogP contribution in [0.15, 0.2) is 60.8 Å². The van der Waals surface area contributed by atoms with E-state index >= 15 is 0 Å². The minimum atomic E-state index is -0.440. The summed E-state index contributed by atoms with van der Waals surface area (Å²) < 4.78 is 0. The number of halogens is 1. The molecule has 136 valence electrons. The lowest BCUT2D eigenvalue weighted by molar-refractivity contribution is 0.102. The molecule has 0 aliphatic carbocycles. The number of nitrogens with zero attached hydrogens (tertiary/aromatic N) is 1. The Kier molecular flexibility index (Phi) is 5.52. The van der Waals surface area contributed by atoms with Gasteiger partial charge in [-0.05, 0) is 49.2 Å². The second-order valence-corrected chi connectivity index (χ2v) is 6.49. The maximum atomic E-state index is 12.6. The number of hydrogen-bond donors (Lipinski definition) is 2. The van der Waals surface area contributed by atoms with Crippen molar-refractivity contribution in [2.45, 2.75) is 13.8 Å². The molecule has 6 heteroatoms. The summed E-state index contributed by atoms with van der Waals surface area (Å²) in [6, 6.07) is 15.7. The van der Waals surface area contributed by atoms with Crippen LogP contribution in [0.5, 0.6) is 0 Å². The van der Waals surface area contributed by atoms with Crippen LogP contribution in [0.2, 0.25) is 5.02 Å². The maximum Gasteiger partial charge on any atom is 0.274 e. The molecule has 0 aliphatic heterocycles. The van der Waals surface area contributed by atoms with E-state index in [1.165, 1.54) is 12.3 Å². The van der Waals surface area contributed by atoms with E-state index in [4.69, 9.17) is 11.6 Å². The number of rotatable bonds is 4. The molecule has 1 aromatic heterocycles. The molecular weight excluding hydrogens is 362 g/mol. The van der Waals surface area contributed by atoms with Gasteiger partial charge in [0.2, 0.25) is 0 Å². The molecule has 0 aliphatic rings. The lowest BCUT2D eigenvalue weighted by Gasteiger charge is -2.12. The standard InChI is InChI=1S/C21H18ClN3O2/c1-13-6-5-7-14(2)19(13)25-20(26)15-10-11-23-18(12-15)21(27)24-17-9-4-3-8-16(17)22/h3-12H,1-2H3,(H,24,27)(H,25,26). The zero-order valence-corrected chi connectivity index (χ0v) is 15.7. The SMILES string of the molecule is Cc1cccc(C)c1NC(=O)c1ccnc(C(=O)Nc2ccccc2Cl)c1. The summed E-state index contributed by atoms with van der Waals surface area (Å²) in [5.41, 5.74) is 3.65. The van der Waals surface area contributed by atoms with E-state index in [2.05, 4.69) is 15.6 Å². The molecule has 2 aromatic carbocycles. The first kappa shape index (κ1) is 18.6. The van der Waals surface area contributed by atoms with Crippen molar-refractivity contribution in [2.24, 2.45) is 0 Å². The van der Waals surface area contributed by atoms with E-state index in [1.807, 2.05) is 32.0 Å². The quantitative estimate of drug-likeness (QED) is 0.680. The van der Waals surface area contributed by atoms with Gasteiger partial charge in [-0.3, -0.25) is 14.6 Å². The second-order valence-electron chi connectivity index (χ2n) is 6.08. The maximum absolute atomic E-state index is 12.6. The fourth-order valence-corrected chi connectivity index (χ4v) is 2.83. The van der Waals surface area contributed by atoms with Gasteiger partial charge in [0, 0.05) is 17.4 Å². The molecule has 0 bridgehead atoms. The van der Waals surface area contributed by atoms with Crippen molar-refractivity contribution in [1.29, 1.82) is 0 Å². The van der Waals surface area contributed by atoms with Crippen molar-refractivity contribution in [3.63, 3.8) is 0 Å². The first-order valence-corrected chi connectivity index (χ1v) is 8.73. The van der Waals surface area contributed by atoms with Gasteiger partial charge in [-0.1, -0.05) is 41.9 Å². The number of aromatic nitrogens is 1. The molecule has 0 atom stereocenters. The zero-order chi connectivity index (χ0) is 19.4. The van der Waals surface area contributed by atoms with Gasteiger partial charge >= 0.3 is 0 Å². The fraction of sp³-hybridized carbons (Fsp3) is 0.0952. The summed E-state index contributed by atoms with van der Waals surface area (Å²) in [5.74, 6) is -0.744. The first-order valence-electron chi connectivity index (χ1n) is 8.35. The van der Waals surface area contributed by atoms with Gasteiger partial charge in [0.1, 0.15) is 5.69 Å². The largest absolute Gasteiger partial charge is 0.322 e. The molecule has 0 saturated carbocycles. The number of amides is 2. The molecule has 0 spiro atoms. The Morgan fingerprint density at radius 2 is 1.59 bits per heavy atom. The van der Waals surface area contributed by atoms with E-state index in [0.717, 1.165) is 16.8 Å². The van der Waals surface area contributed by atoms with E-state index in [-0.39, 0.29) is 11.6 Å². The number of aryl methyl sites for hydroxylation is 2. The van der Waals surface area contributed by atoms with Gasteiger partial charge in [-0.2, -0.15) is 0 Å². The number of pyridine rings is 1. The third-order valence-corrected chi connectivity index (χ3v) is 4.43. The molecule has 2 amide bonds. The van der Waals surface area contributed by atoms with E-state index in [9.17, 15) is 9.59 Å². The summed E-state index contributed by atoms with van der Waals surface area (Å²) in [6.45, 7) is 3.86. The highest BCUT2D eigenvalue weighted by Crippen LogP contribution is 2.22. The van der Waals surface area contributed by atoms with Crippen molar-refractivity contribution < 1.29 is 9.59 Å². The molecule has 3 rings (SSSR count).